The number of halogens is 1. The fourth-order valence-electron chi connectivity index (χ4n) is 2.67. The number of rotatable bonds is 6. The van der Waals surface area contributed by atoms with Gasteiger partial charge in [-0.2, -0.15) is 5.26 Å². The molecule has 1 aliphatic heterocycles. The topological polar surface area (TPSA) is 136 Å². The number of phenolic OH excluding ortho intramolecular Hbond substituents is 1. The summed E-state index contributed by atoms with van der Waals surface area (Å²) in [6.07, 6.45) is 0.114. The number of aromatic hydroxyl groups is 1. The van der Waals surface area contributed by atoms with Crippen molar-refractivity contribution in [2.45, 2.75) is 25.4 Å². The smallest absolute Gasteiger partial charge is 0.253 e. The third kappa shape index (κ3) is 3.97. The van der Waals surface area contributed by atoms with E-state index in [0.717, 1.165) is 4.31 Å². The van der Waals surface area contributed by atoms with Crippen LogP contribution in [-0.4, -0.2) is 44.1 Å². The molecule has 0 saturated carbocycles. The number of ether oxygens (including phenoxy) is 1. The van der Waals surface area contributed by atoms with E-state index >= 15 is 4.39 Å². The van der Waals surface area contributed by atoms with Crippen LogP contribution in [0.1, 0.15) is 19.8 Å². The third-order valence-electron chi connectivity index (χ3n) is 4.14. The van der Waals surface area contributed by atoms with Crippen LogP contribution in [0.5, 0.6) is 11.6 Å². The maximum absolute atomic E-state index is 15.0. The Labute approximate surface area is 162 Å². The number of benzene rings is 1. The molecule has 1 aliphatic rings. The van der Waals surface area contributed by atoms with Gasteiger partial charge in [-0.1, -0.05) is 0 Å². The van der Waals surface area contributed by atoms with Gasteiger partial charge in [0.2, 0.25) is 17.1 Å². The van der Waals surface area contributed by atoms with Crippen LogP contribution in [0.2, 0.25) is 0 Å². The molecule has 2 heterocycles. The fraction of sp³-hybridized carbons (Fsp3) is 0.353. The van der Waals surface area contributed by atoms with E-state index in [2.05, 4.69) is 9.71 Å². The first kappa shape index (κ1) is 19.8. The molecule has 1 aromatic carbocycles. The zero-order valence-electron chi connectivity index (χ0n) is 14.8. The van der Waals surface area contributed by atoms with E-state index in [-0.39, 0.29) is 42.8 Å². The van der Waals surface area contributed by atoms with Gasteiger partial charge in [-0.05, 0) is 19.1 Å². The minimum absolute atomic E-state index is 0.0499. The molecule has 0 aliphatic carbocycles. The molecule has 3 N–H and O–H groups in total. The van der Waals surface area contributed by atoms with Crippen molar-refractivity contribution in [3.8, 4) is 17.7 Å². The van der Waals surface area contributed by atoms with E-state index in [9.17, 15) is 19.2 Å². The average Bonchev–Trinajstić information content (AvgIpc) is 2.93. The van der Waals surface area contributed by atoms with Gasteiger partial charge in [0.25, 0.3) is 5.91 Å². The SMILES string of the molecule is CC(O)(CC#N)CCOc1ccc2cc(O)c(N3CC(=O)NS3=O)c(F)c2n1. The quantitative estimate of drug-likeness (QED) is 0.649. The van der Waals surface area contributed by atoms with E-state index in [1.165, 1.54) is 25.1 Å². The van der Waals surface area contributed by atoms with Gasteiger partial charge >= 0.3 is 0 Å². The minimum Gasteiger partial charge on any atom is -0.506 e. The van der Waals surface area contributed by atoms with Crippen LogP contribution in [0.3, 0.4) is 0 Å². The number of aliphatic hydroxyl groups is 1. The first-order valence-corrected chi connectivity index (χ1v) is 9.36. The highest BCUT2D eigenvalue weighted by atomic mass is 32.2. The van der Waals surface area contributed by atoms with E-state index in [1.807, 2.05) is 6.07 Å². The second kappa shape index (κ2) is 7.57. The fourth-order valence-corrected chi connectivity index (χ4v) is 3.62. The Balaban J connectivity index is 1.88. The zero-order chi connectivity index (χ0) is 20.5. The number of nitrogens with one attached hydrogen (secondary N) is 1. The van der Waals surface area contributed by atoms with Crippen molar-refractivity contribution in [3.05, 3.63) is 24.0 Å². The number of hydrogen-bond acceptors (Lipinski definition) is 7. The van der Waals surface area contributed by atoms with Gasteiger partial charge < -0.3 is 14.9 Å². The number of fused-ring (bicyclic) bond motifs is 1. The molecular formula is C17H17FN4O5S. The van der Waals surface area contributed by atoms with Crippen molar-refractivity contribution in [1.82, 2.24) is 9.71 Å². The maximum atomic E-state index is 15.0. The van der Waals surface area contributed by atoms with Crippen LogP contribution in [-0.2, 0) is 16.0 Å². The first-order valence-electron chi connectivity index (χ1n) is 8.25. The van der Waals surface area contributed by atoms with Crippen LogP contribution in [0.15, 0.2) is 18.2 Å². The van der Waals surface area contributed by atoms with Gasteiger partial charge in [-0.15, -0.1) is 0 Å². The van der Waals surface area contributed by atoms with Crippen molar-refractivity contribution < 1.29 is 28.3 Å². The summed E-state index contributed by atoms with van der Waals surface area (Å²) < 4.78 is 35.4. The lowest BCUT2D eigenvalue weighted by Gasteiger charge is -2.19. The molecule has 0 radical (unpaired) electrons. The molecule has 1 amide bonds. The van der Waals surface area contributed by atoms with E-state index in [0.29, 0.717) is 0 Å². The summed E-state index contributed by atoms with van der Waals surface area (Å²) in [6, 6.07) is 6.09. The number of nitrogens with zero attached hydrogens (tertiary/aromatic N) is 3. The van der Waals surface area contributed by atoms with Crippen molar-refractivity contribution in [1.29, 1.82) is 5.26 Å². The number of carbonyl (C=O) groups is 1. The molecule has 11 heteroatoms. The summed E-state index contributed by atoms with van der Waals surface area (Å²) in [5.74, 6) is -1.90. The first-order chi connectivity index (χ1) is 13.2. The Hall–Kier alpha value is -2.97. The zero-order valence-corrected chi connectivity index (χ0v) is 15.6. The summed E-state index contributed by atoms with van der Waals surface area (Å²) in [7, 11) is 0. The predicted molar refractivity (Wildman–Crippen MR) is 98.0 cm³/mol. The Morgan fingerprint density at radius 3 is 2.93 bits per heavy atom. The van der Waals surface area contributed by atoms with Gasteiger partial charge in [0.05, 0.1) is 24.7 Å². The molecule has 2 unspecified atom stereocenters. The summed E-state index contributed by atoms with van der Waals surface area (Å²) >= 11 is -2.01. The Kier molecular flexibility index (Phi) is 5.35. The lowest BCUT2D eigenvalue weighted by Crippen LogP contribution is -2.26. The standard InChI is InChI=1S/C17H17FN4O5S/c1-17(25,4-6-19)5-7-27-13-3-2-10-8-11(23)16(14(18)15(10)20-13)22-9-12(24)21-28(22)26/h2-3,8,23,25H,4-5,7,9H2,1H3,(H,21,24). The minimum atomic E-state index is -2.01. The summed E-state index contributed by atoms with van der Waals surface area (Å²) in [4.78, 5) is 15.5. The molecule has 9 nitrogen and oxygen atoms in total. The summed E-state index contributed by atoms with van der Waals surface area (Å²) in [6.45, 7) is 1.19. The van der Waals surface area contributed by atoms with Crippen LogP contribution in [0, 0.1) is 17.1 Å². The lowest BCUT2D eigenvalue weighted by atomic mass is 10.00. The number of pyridine rings is 1. The van der Waals surface area contributed by atoms with Gasteiger partial charge in [0, 0.05) is 17.9 Å². The Morgan fingerprint density at radius 1 is 1.54 bits per heavy atom. The number of carbonyl (C=O) groups excluding carboxylic acids is 1. The van der Waals surface area contributed by atoms with Gasteiger partial charge in [-0.25, -0.2) is 13.6 Å². The normalized spacial score (nSPS) is 18.6. The summed E-state index contributed by atoms with van der Waals surface area (Å²) in [5, 5.41) is 29.0. The van der Waals surface area contributed by atoms with Crippen LogP contribution in [0.25, 0.3) is 10.9 Å². The Morgan fingerprint density at radius 2 is 2.29 bits per heavy atom. The molecule has 1 aromatic heterocycles. The molecular weight excluding hydrogens is 391 g/mol. The van der Waals surface area contributed by atoms with Gasteiger partial charge in [0.1, 0.15) is 23.5 Å². The summed E-state index contributed by atoms with van der Waals surface area (Å²) in [5.41, 5.74) is -1.74. The molecule has 0 spiro atoms. The highest BCUT2D eigenvalue weighted by Crippen LogP contribution is 2.37. The van der Waals surface area contributed by atoms with E-state index in [4.69, 9.17) is 10.00 Å². The molecule has 3 rings (SSSR count). The second-order valence-electron chi connectivity index (χ2n) is 6.52. The van der Waals surface area contributed by atoms with Crippen LogP contribution in [0.4, 0.5) is 10.1 Å². The van der Waals surface area contributed by atoms with Gasteiger partial charge in [0.15, 0.2) is 5.82 Å². The highest BCUT2D eigenvalue weighted by molar-refractivity contribution is 7.85. The number of anilines is 1. The number of hydrogen-bond donors (Lipinski definition) is 3. The van der Waals surface area contributed by atoms with Crippen LogP contribution < -0.4 is 13.8 Å². The van der Waals surface area contributed by atoms with E-state index < -0.39 is 39.9 Å². The van der Waals surface area contributed by atoms with Crippen LogP contribution >= 0.6 is 0 Å². The largest absolute Gasteiger partial charge is 0.506 e. The highest BCUT2D eigenvalue weighted by Gasteiger charge is 2.32. The number of phenols is 1. The molecule has 2 aromatic rings. The number of amides is 1. The monoisotopic (exact) mass is 408 g/mol. The molecule has 2 atom stereocenters. The van der Waals surface area contributed by atoms with Crippen molar-refractivity contribution in [2.24, 2.45) is 0 Å². The number of aromatic nitrogens is 1. The average molecular weight is 408 g/mol. The van der Waals surface area contributed by atoms with E-state index in [1.54, 1.807) is 0 Å². The lowest BCUT2D eigenvalue weighted by molar-refractivity contribution is -0.117. The Bertz CT molecular complexity index is 1010. The van der Waals surface area contributed by atoms with Crippen molar-refractivity contribution in [2.75, 3.05) is 17.5 Å². The molecule has 28 heavy (non-hydrogen) atoms. The third-order valence-corrected chi connectivity index (χ3v) is 5.25. The predicted octanol–water partition coefficient (Wildman–Crippen LogP) is 1.03. The van der Waals surface area contributed by atoms with Crippen molar-refractivity contribution >= 4 is 33.7 Å². The van der Waals surface area contributed by atoms with Gasteiger partial charge in [-0.3, -0.25) is 13.8 Å². The molecule has 1 fully saturated rings. The number of nitriles is 1. The maximum Gasteiger partial charge on any atom is 0.253 e. The second-order valence-corrected chi connectivity index (χ2v) is 7.66. The molecule has 148 valence electrons. The molecule has 0 bridgehead atoms. The molecule has 1 saturated heterocycles. The van der Waals surface area contributed by atoms with Crippen molar-refractivity contribution in [3.63, 3.8) is 0 Å².